The monoisotopic (exact) mass is 986 g/mol. The fourth-order valence-electron chi connectivity index (χ4n) is 8.61. The quantitative estimate of drug-likeness (QED) is 0.0199. The highest BCUT2D eigenvalue weighted by atomic mass is 31.2. The average molecular weight is 986 g/mol. The highest BCUT2D eigenvalue weighted by Gasteiger charge is 2.28. The van der Waals surface area contributed by atoms with Gasteiger partial charge in [0.2, 0.25) is 5.91 Å². The molecule has 0 aromatic heterocycles. The number of esters is 1. The topological polar surface area (TPSA) is 169 Å². The normalized spacial score (nSPS) is 13.5. The molecule has 1 amide bonds. The van der Waals surface area contributed by atoms with Gasteiger partial charge in [-0.3, -0.25) is 18.6 Å². The summed E-state index contributed by atoms with van der Waals surface area (Å²) < 4.78 is 27.0. The minimum atomic E-state index is -4.76. The molecule has 0 aliphatic carbocycles. The molecule has 0 fully saturated rings. The van der Waals surface area contributed by atoms with Gasteiger partial charge in [-0.15, -0.1) is 0 Å². The van der Waals surface area contributed by atoms with E-state index >= 15 is 0 Å². The summed E-state index contributed by atoms with van der Waals surface area (Å²) in [7, 11) is -4.76. The number of carbonyl (C=O) groups excluding carboxylic acids is 2. The molecule has 0 aliphatic heterocycles. The van der Waals surface area contributed by atoms with Crippen molar-refractivity contribution in [3.8, 4) is 0 Å². The van der Waals surface area contributed by atoms with E-state index in [0.717, 1.165) is 38.5 Å². The summed E-state index contributed by atoms with van der Waals surface area (Å²) in [5, 5.41) is 22.0. The van der Waals surface area contributed by atoms with Crippen molar-refractivity contribution < 1.29 is 47.8 Å². The van der Waals surface area contributed by atoms with Gasteiger partial charge in [0.05, 0.1) is 13.2 Å². The van der Waals surface area contributed by atoms with Crippen LogP contribution in [0.25, 0.3) is 0 Å². The van der Waals surface area contributed by atoms with Crippen LogP contribution in [0.2, 0.25) is 0 Å². The molecule has 0 saturated heterocycles. The SMILES string of the molecule is CCCCCCCC/C=C/CCCCCCCCCCCCCC(=O)OCC(O)COP(=O)(O)OCC(NC(=O)CCCCCCCCCCCCCCCCCCCCCCCCC)C(=O)O. The zero-order chi connectivity index (χ0) is 49.9. The number of carbonyl (C=O) groups is 3. The Labute approximate surface area is 417 Å². The fourth-order valence-corrected chi connectivity index (χ4v) is 9.38. The van der Waals surface area contributed by atoms with Crippen LogP contribution in [0.3, 0.4) is 0 Å². The van der Waals surface area contributed by atoms with Crippen LogP contribution in [0.4, 0.5) is 0 Å². The van der Waals surface area contributed by atoms with Crippen molar-refractivity contribution in [3.63, 3.8) is 0 Å². The number of rotatable bonds is 55. The third kappa shape index (κ3) is 50.6. The van der Waals surface area contributed by atoms with Gasteiger partial charge in [-0.25, -0.2) is 9.36 Å². The van der Waals surface area contributed by atoms with Gasteiger partial charge >= 0.3 is 19.8 Å². The average Bonchev–Trinajstić information content (AvgIpc) is 3.32. The molecular formula is C56H108NO10P. The number of carboxylic acid groups (broad SMARTS) is 1. The summed E-state index contributed by atoms with van der Waals surface area (Å²) in [4.78, 5) is 46.3. The summed E-state index contributed by atoms with van der Waals surface area (Å²) in [6, 6.07) is -1.54. The first-order valence-electron chi connectivity index (χ1n) is 28.7. The van der Waals surface area contributed by atoms with Crippen molar-refractivity contribution in [1.29, 1.82) is 0 Å². The number of amides is 1. The van der Waals surface area contributed by atoms with E-state index in [1.54, 1.807) is 0 Å². The fraction of sp³-hybridized carbons (Fsp3) is 0.911. The number of phosphoric ester groups is 1. The van der Waals surface area contributed by atoms with Gasteiger partial charge in [-0.2, -0.15) is 0 Å². The van der Waals surface area contributed by atoms with E-state index in [9.17, 15) is 34.1 Å². The number of aliphatic carboxylic acids is 1. The van der Waals surface area contributed by atoms with Crippen molar-refractivity contribution in [3.05, 3.63) is 12.2 Å². The molecule has 0 spiro atoms. The number of unbranched alkanes of at least 4 members (excludes halogenated alkanes) is 39. The number of allylic oxidation sites excluding steroid dienone is 2. The van der Waals surface area contributed by atoms with Crippen LogP contribution in [0.5, 0.6) is 0 Å². The molecular weight excluding hydrogens is 878 g/mol. The Hall–Kier alpha value is -1.78. The first-order chi connectivity index (χ1) is 33.1. The van der Waals surface area contributed by atoms with Gasteiger partial charge in [0, 0.05) is 12.8 Å². The van der Waals surface area contributed by atoms with Crippen LogP contribution in [-0.4, -0.2) is 64.9 Å². The van der Waals surface area contributed by atoms with Crippen LogP contribution in [-0.2, 0) is 32.7 Å². The molecule has 402 valence electrons. The lowest BCUT2D eigenvalue weighted by Gasteiger charge is -2.18. The number of hydrogen-bond acceptors (Lipinski definition) is 8. The molecule has 3 unspecified atom stereocenters. The van der Waals surface area contributed by atoms with Crippen LogP contribution in [0.1, 0.15) is 296 Å². The molecule has 0 heterocycles. The smallest absolute Gasteiger partial charge is 0.472 e. The molecule has 0 aliphatic rings. The van der Waals surface area contributed by atoms with Crippen LogP contribution in [0, 0.1) is 0 Å². The molecule has 68 heavy (non-hydrogen) atoms. The predicted octanol–water partition coefficient (Wildman–Crippen LogP) is 16.4. The highest BCUT2D eigenvalue weighted by molar-refractivity contribution is 7.47. The zero-order valence-corrected chi connectivity index (χ0v) is 45.1. The van der Waals surface area contributed by atoms with Crippen LogP contribution >= 0.6 is 7.82 Å². The Morgan fingerprint density at radius 3 is 1.12 bits per heavy atom. The Bertz CT molecular complexity index is 1200. The second-order valence-electron chi connectivity index (χ2n) is 19.8. The Morgan fingerprint density at radius 1 is 0.456 bits per heavy atom. The lowest BCUT2D eigenvalue weighted by atomic mass is 10.0. The predicted molar refractivity (Wildman–Crippen MR) is 282 cm³/mol. The Morgan fingerprint density at radius 2 is 0.765 bits per heavy atom. The molecule has 12 heteroatoms. The molecule has 4 N–H and O–H groups in total. The van der Waals surface area contributed by atoms with Gasteiger partial charge in [-0.1, -0.05) is 257 Å². The van der Waals surface area contributed by atoms with E-state index in [1.807, 2.05) is 0 Å². The Balaban J connectivity index is 3.74. The van der Waals surface area contributed by atoms with Gasteiger partial charge in [0.25, 0.3) is 0 Å². The highest BCUT2D eigenvalue weighted by Crippen LogP contribution is 2.43. The zero-order valence-electron chi connectivity index (χ0n) is 44.2. The first-order valence-corrected chi connectivity index (χ1v) is 30.2. The standard InChI is InChI=1S/C56H108NO10P/c1-3-5-7-9-11-13-15-17-19-21-23-25-26-28-29-31-33-35-37-39-41-43-45-47-54(59)57-53(56(61)62)51-67-68(63,64)66-50-52(58)49-65-55(60)48-46-44-42-40-38-36-34-32-30-27-24-22-20-18-16-14-12-10-8-6-4-2/h18,20,52-53,58H,3-17,19,21-51H2,1-2H3,(H,57,59)(H,61,62)(H,63,64)/b20-18+. The van der Waals surface area contributed by atoms with E-state index in [0.29, 0.717) is 12.8 Å². The first kappa shape index (κ1) is 66.2. The largest absolute Gasteiger partial charge is 0.480 e. The maximum Gasteiger partial charge on any atom is 0.472 e. The molecule has 0 aromatic carbocycles. The van der Waals surface area contributed by atoms with Crippen molar-refractivity contribution >= 4 is 25.7 Å². The summed E-state index contributed by atoms with van der Waals surface area (Å²) in [6.07, 6.45) is 56.7. The Kier molecular flexibility index (Phi) is 50.2. The van der Waals surface area contributed by atoms with E-state index in [1.165, 1.54) is 218 Å². The van der Waals surface area contributed by atoms with Gasteiger partial charge in [-0.05, 0) is 38.5 Å². The number of carboxylic acids is 1. The summed E-state index contributed by atoms with van der Waals surface area (Å²) in [5.41, 5.74) is 0. The van der Waals surface area contributed by atoms with Crippen molar-refractivity contribution in [1.82, 2.24) is 5.32 Å². The third-order valence-electron chi connectivity index (χ3n) is 13.1. The van der Waals surface area contributed by atoms with E-state index < -0.39 is 57.6 Å². The van der Waals surface area contributed by atoms with Gasteiger partial charge in [0.1, 0.15) is 12.7 Å². The summed E-state index contributed by atoms with van der Waals surface area (Å²) >= 11 is 0. The van der Waals surface area contributed by atoms with E-state index in [2.05, 4.69) is 31.3 Å². The molecule has 0 radical (unpaired) electrons. The number of phosphoric acid groups is 1. The summed E-state index contributed by atoms with van der Waals surface area (Å²) in [5.74, 6) is -2.35. The van der Waals surface area contributed by atoms with E-state index in [4.69, 9.17) is 13.8 Å². The van der Waals surface area contributed by atoms with Crippen molar-refractivity contribution in [2.24, 2.45) is 0 Å². The van der Waals surface area contributed by atoms with Gasteiger partial charge < -0.3 is 25.2 Å². The number of aliphatic hydroxyl groups is 1. The van der Waals surface area contributed by atoms with Gasteiger partial charge in [0.15, 0.2) is 6.04 Å². The molecule has 3 atom stereocenters. The van der Waals surface area contributed by atoms with Crippen LogP contribution < -0.4 is 5.32 Å². The summed E-state index contributed by atoms with van der Waals surface area (Å²) in [6.45, 7) is 2.66. The number of ether oxygens (including phenoxy) is 1. The minimum absolute atomic E-state index is 0.152. The number of aliphatic hydroxyl groups excluding tert-OH is 1. The second-order valence-corrected chi connectivity index (χ2v) is 21.3. The van der Waals surface area contributed by atoms with Crippen LogP contribution in [0.15, 0.2) is 12.2 Å². The molecule has 11 nitrogen and oxygen atoms in total. The molecule has 0 rings (SSSR count). The molecule has 0 saturated carbocycles. The van der Waals surface area contributed by atoms with Crippen molar-refractivity contribution in [2.45, 2.75) is 309 Å². The number of nitrogens with one attached hydrogen (secondary N) is 1. The molecule has 0 aromatic rings. The minimum Gasteiger partial charge on any atom is -0.480 e. The maximum absolute atomic E-state index is 12.4. The van der Waals surface area contributed by atoms with E-state index in [-0.39, 0.29) is 12.8 Å². The lowest BCUT2D eigenvalue weighted by molar-refractivity contribution is -0.147. The third-order valence-corrected chi connectivity index (χ3v) is 14.0. The lowest BCUT2D eigenvalue weighted by Crippen LogP contribution is -2.43. The van der Waals surface area contributed by atoms with Crippen molar-refractivity contribution in [2.75, 3.05) is 19.8 Å². The maximum atomic E-state index is 12.4. The second kappa shape index (κ2) is 51.6. The number of hydrogen-bond donors (Lipinski definition) is 4. The molecule has 0 bridgehead atoms.